The fraction of sp³-hybridized carbons (Fsp3) is 0.588. The lowest BCUT2D eigenvalue weighted by atomic mass is 10.1. The molecular formula is C17H25FN2O2. The maximum atomic E-state index is 14.2. The van der Waals surface area contributed by atoms with Gasteiger partial charge in [-0.25, -0.2) is 4.39 Å². The molecule has 5 heteroatoms. The summed E-state index contributed by atoms with van der Waals surface area (Å²) in [5.41, 5.74) is 0.853. The molecule has 0 bridgehead atoms. The van der Waals surface area contributed by atoms with E-state index in [1.54, 1.807) is 12.1 Å². The first-order chi connectivity index (χ1) is 10.5. The number of hydrogen-bond acceptors (Lipinski definition) is 3. The molecular weight excluding hydrogens is 283 g/mol. The highest BCUT2D eigenvalue weighted by molar-refractivity contribution is 5.94. The number of anilines is 1. The van der Waals surface area contributed by atoms with Gasteiger partial charge in [0.05, 0.1) is 11.8 Å². The molecule has 22 heavy (non-hydrogen) atoms. The van der Waals surface area contributed by atoms with Gasteiger partial charge in [0.15, 0.2) is 0 Å². The van der Waals surface area contributed by atoms with Crippen LogP contribution in [0.3, 0.4) is 0 Å². The van der Waals surface area contributed by atoms with Crippen LogP contribution in [0.1, 0.15) is 43.5 Å². The van der Waals surface area contributed by atoms with Crippen molar-refractivity contribution in [2.45, 2.75) is 39.2 Å². The number of halogens is 1. The summed E-state index contributed by atoms with van der Waals surface area (Å²) in [7, 11) is 0. The lowest BCUT2D eigenvalue weighted by molar-refractivity contribution is 0.0900. The van der Waals surface area contributed by atoms with Crippen molar-refractivity contribution in [3.05, 3.63) is 29.6 Å². The molecule has 2 rings (SSSR count). The normalized spacial score (nSPS) is 16.1. The van der Waals surface area contributed by atoms with Gasteiger partial charge in [-0.3, -0.25) is 4.79 Å². The molecule has 4 nitrogen and oxygen atoms in total. The minimum atomic E-state index is -0.572. The third-order valence-electron chi connectivity index (χ3n) is 3.90. The quantitative estimate of drug-likeness (QED) is 0.849. The molecule has 1 aromatic carbocycles. The van der Waals surface area contributed by atoms with Crippen molar-refractivity contribution in [3.63, 3.8) is 0 Å². The van der Waals surface area contributed by atoms with E-state index in [0.29, 0.717) is 18.0 Å². The van der Waals surface area contributed by atoms with Gasteiger partial charge in [-0.1, -0.05) is 13.8 Å². The summed E-state index contributed by atoms with van der Waals surface area (Å²) in [6.45, 7) is 5.94. The van der Waals surface area contributed by atoms with Gasteiger partial charge >= 0.3 is 0 Å². The maximum Gasteiger partial charge on any atom is 0.251 e. The highest BCUT2D eigenvalue weighted by Gasteiger charge is 2.18. The number of benzene rings is 1. The Morgan fingerprint density at radius 1 is 1.36 bits per heavy atom. The van der Waals surface area contributed by atoms with Crippen molar-refractivity contribution >= 4 is 11.6 Å². The average molecular weight is 308 g/mol. The van der Waals surface area contributed by atoms with Gasteiger partial charge in [-0.05, 0) is 43.4 Å². The Balaban J connectivity index is 1.94. The van der Waals surface area contributed by atoms with E-state index in [1.807, 2.05) is 18.7 Å². The predicted molar refractivity (Wildman–Crippen MR) is 85.6 cm³/mol. The molecule has 122 valence electrons. The zero-order valence-electron chi connectivity index (χ0n) is 13.3. The van der Waals surface area contributed by atoms with Crippen LogP contribution in [0.15, 0.2) is 18.2 Å². The van der Waals surface area contributed by atoms with E-state index >= 15 is 0 Å². The molecule has 1 aromatic rings. The number of nitrogens with one attached hydrogen (secondary N) is 1. The van der Waals surface area contributed by atoms with E-state index in [0.717, 1.165) is 25.9 Å². The number of aliphatic hydroxyl groups excluding tert-OH is 1. The minimum Gasteiger partial charge on any atom is -0.391 e. The average Bonchev–Trinajstić information content (AvgIpc) is 2.97. The maximum absolute atomic E-state index is 14.2. The van der Waals surface area contributed by atoms with E-state index in [9.17, 15) is 14.3 Å². The second-order valence-corrected chi connectivity index (χ2v) is 6.35. The second kappa shape index (κ2) is 7.58. The SMILES string of the molecule is CC(C)CC(O)CNC(=O)c1ccc(N2CCCC2)c(F)c1. The third kappa shape index (κ3) is 4.44. The number of carbonyl (C=O) groups excluding carboxylic acids is 1. The van der Waals surface area contributed by atoms with Gasteiger partial charge in [-0.15, -0.1) is 0 Å². The van der Waals surface area contributed by atoms with Gasteiger partial charge in [0, 0.05) is 25.2 Å². The molecule has 0 radical (unpaired) electrons. The lowest BCUT2D eigenvalue weighted by Crippen LogP contribution is -2.32. The van der Waals surface area contributed by atoms with Gasteiger partial charge in [-0.2, -0.15) is 0 Å². The summed E-state index contributed by atoms with van der Waals surface area (Å²) in [5, 5.41) is 12.4. The van der Waals surface area contributed by atoms with Crippen LogP contribution >= 0.6 is 0 Å². The van der Waals surface area contributed by atoms with Crippen LogP contribution in [0, 0.1) is 11.7 Å². The molecule has 0 saturated carbocycles. The molecule has 1 aliphatic rings. The predicted octanol–water partition coefficient (Wildman–Crippen LogP) is 2.56. The van der Waals surface area contributed by atoms with Crippen molar-refractivity contribution in [1.29, 1.82) is 0 Å². The van der Waals surface area contributed by atoms with Crippen molar-refractivity contribution in [2.24, 2.45) is 5.92 Å². The molecule has 1 unspecified atom stereocenters. The van der Waals surface area contributed by atoms with E-state index < -0.39 is 6.10 Å². The van der Waals surface area contributed by atoms with E-state index in [1.165, 1.54) is 6.07 Å². The lowest BCUT2D eigenvalue weighted by Gasteiger charge is -2.19. The summed E-state index contributed by atoms with van der Waals surface area (Å²) in [4.78, 5) is 14.0. The molecule has 1 heterocycles. The van der Waals surface area contributed by atoms with Crippen molar-refractivity contribution in [1.82, 2.24) is 5.32 Å². The largest absolute Gasteiger partial charge is 0.391 e. The molecule has 1 atom stereocenters. The van der Waals surface area contributed by atoms with Gasteiger partial charge in [0.1, 0.15) is 5.82 Å². The Kier molecular flexibility index (Phi) is 5.77. The summed E-state index contributed by atoms with van der Waals surface area (Å²) < 4.78 is 14.2. The fourth-order valence-corrected chi connectivity index (χ4v) is 2.80. The summed E-state index contributed by atoms with van der Waals surface area (Å²) in [6.07, 6.45) is 2.21. The molecule has 1 saturated heterocycles. The topological polar surface area (TPSA) is 52.6 Å². The zero-order valence-corrected chi connectivity index (χ0v) is 13.3. The van der Waals surface area contributed by atoms with E-state index in [-0.39, 0.29) is 23.8 Å². The zero-order chi connectivity index (χ0) is 16.1. The highest BCUT2D eigenvalue weighted by atomic mass is 19.1. The standard InChI is InChI=1S/C17H25FN2O2/c1-12(2)9-14(21)11-19-17(22)13-5-6-16(15(18)10-13)20-7-3-4-8-20/h5-6,10,12,14,21H,3-4,7-9,11H2,1-2H3,(H,19,22). The second-order valence-electron chi connectivity index (χ2n) is 6.35. The third-order valence-corrected chi connectivity index (χ3v) is 3.90. The van der Waals surface area contributed by atoms with Crippen LogP contribution in [0.4, 0.5) is 10.1 Å². The van der Waals surface area contributed by atoms with Crippen molar-refractivity contribution in [2.75, 3.05) is 24.5 Å². The molecule has 2 N–H and O–H groups in total. The Hall–Kier alpha value is -1.62. The number of rotatable bonds is 6. The molecule has 0 spiro atoms. The van der Waals surface area contributed by atoms with Gasteiger partial charge in [0.2, 0.25) is 0 Å². The molecule has 0 aliphatic carbocycles. The monoisotopic (exact) mass is 308 g/mol. The summed E-state index contributed by atoms with van der Waals surface area (Å²) >= 11 is 0. The van der Waals surface area contributed by atoms with E-state index in [2.05, 4.69) is 5.32 Å². The molecule has 1 fully saturated rings. The van der Waals surface area contributed by atoms with Crippen molar-refractivity contribution in [3.8, 4) is 0 Å². The first-order valence-corrected chi connectivity index (χ1v) is 7.98. The first kappa shape index (κ1) is 16.7. The Morgan fingerprint density at radius 3 is 2.64 bits per heavy atom. The Morgan fingerprint density at radius 2 is 2.05 bits per heavy atom. The fourth-order valence-electron chi connectivity index (χ4n) is 2.80. The number of nitrogens with zero attached hydrogens (tertiary/aromatic N) is 1. The van der Waals surface area contributed by atoms with Crippen LogP contribution in [0.5, 0.6) is 0 Å². The van der Waals surface area contributed by atoms with Crippen LogP contribution in [-0.4, -0.2) is 36.8 Å². The summed E-state index contributed by atoms with van der Waals surface area (Å²) in [6, 6.07) is 4.58. The van der Waals surface area contributed by atoms with Gasteiger partial charge < -0.3 is 15.3 Å². The number of carbonyl (C=O) groups is 1. The van der Waals surface area contributed by atoms with Crippen molar-refractivity contribution < 1.29 is 14.3 Å². The number of hydrogen-bond donors (Lipinski definition) is 2. The highest BCUT2D eigenvalue weighted by Crippen LogP contribution is 2.24. The summed E-state index contributed by atoms with van der Waals surface area (Å²) in [5.74, 6) is -0.351. The van der Waals surface area contributed by atoms with Crippen LogP contribution in [0.2, 0.25) is 0 Å². The van der Waals surface area contributed by atoms with Gasteiger partial charge in [0.25, 0.3) is 5.91 Å². The van der Waals surface area contributed by atoms with Crippen LogP contribution in [-0.2, 0) is 0 Å². The number of amides is 1. The van der Waals surface area contributed by atoms with Crippen LogP contribution < -0.4 is 10.2 Å². The molecule has 0 aromatic heterocycles. The van der Waals surface area contributed by atoms with Crippen LogP contribution in [0.25, 0.3) is 0 Å². The minimum absolute atomic E-state index is 0.187. The Bertz CT molecular complexity index is 513. The Labute approximate surface area is 131 Å². The first-order valence-electron chi connectivity index (χ1n) is 7.98. The number of aliphatic hydroxyl groups is 1. The van der Waals surface area contributed by atoms with E-state index in [4.69, 9.17) is 0 Å². The molecule has 1 aliphatic heterocycles. The molecule has 1 amide bonds. The smallest absolute Gasteiger partial charge is 0.251 e.